The predicted octanol–water partition coefficient (Wildman–Crippen LogP) is 5.04. The quantitative estimate of drug-likeness (QED) is 0.508. The van der Waals surface area contributed by atoms with Gasteiger partial charge in [-0.25, -0.2) is 0 Å². The lowest BCUT2D eigenvalue weighted by Crippen LogP contribution is -2.31. The van der Waals surface area contributed by atoms with Gasteiger partial charge in [-0.3, -0.25) is 14.8 Å². The van der Waals surface area contributed by atoms with E-state index < -0.39 is 0 Å². The number of carbonyl (C=O) groups is 1. The fourth-order valence-corrected chi connectivity index (χ4v) is 3.28. The lowest BCUT2D eigenvalue weighted by molar-refractivity contribution is 0.0746. The minimum atomic E-state index is -0.0870. The molecule has 144 valence electrons. The average Bonchev–Trinajstić information content (AvgIpc) is 2.78. The van der Waals surface area contributed by atoms with E-state index in [1.165, 1.54) is 0 Å². The molecular formula is C24H22N4O. The van der Waals surface area contributed by atoms with Crippen molar-refractivity contribution in [2.75, 3.05) is 11.9 Å². The van der Waals surface area contributed by atoms with E-state index in [1.54, 1.807) is 23.4 Å². The van der Waals surface area contributed by atoms with E-state index in [2.05, 4.69) is 15.3 Å². The maximum absolute atomic E-state index is 13.0. The van der Waals surface area contributed by atoms with Crippen LogP contribution in [0.2, 0.25) is 0 Å². The highest BCUT2D eigenvalue weighted by Gasteiger charge is 2.16. The van der Waals surface area contributed by atoms with Crippen LogP contribution in [0.25, 0.3) is 10.9 Å². The van der Waals surface area contributed by atoms with Gasteiger partial charge < -0.3 is 10.2 Å². The van der Waals surface area contributed by atoms with E-state index in [-0.39, 0.29) is 5.91 Å². The topological polar surface area (TPSA) is 58.1 Å². The van der Waals surface area contributed by atoms with Crippen molar-refractivity contribution in [3.63, 3.8) is 0 Å². The standard InChI is InChI=1S/C24H22N4O/c1-2-28(17-18-8-4-3-5-9-18)24(29)22-16-20(13-15-25-22)27-21-12-6-10-19-11-7-14-26-23(19)21/h3-16H,2,17H2,1H3,(H,25,27). The SMILES string of the molecule is CCN(Cc1ccccc1)C(=O)c1cc(Nc2cccc3cccnc23)ccn1. The number of anilines is 2. The first kappa shape index (κ1) is 18.6. The van der Waals surface area contributed by atoms with Gasteiger partial charge in [0.05, 0.1) is 11.2 Å². The first-order chi connectivity index (χ1) is 14.2. The molecule has 0 radical (unpaired) electrons. The largest absolute Gasteiger partial charge is 0.354 e. The van der Waals surface area contributed by atoms with Crippen LogP contribution in [-0.2, 0) is 6.54 Å². The molecule has 1 N–H and O–H groups in total. The number of rotatable bonds is 6. The molecule has 2 aromatic carbocycles. The number of aromatic nitrogens is 2. The first-order valence-electron chi connectivity index (χ1n) is 9.64. The number of benzene rings is 2. The third kappa shape index (κ3) is 4.24. The molecule has 5 heteroatoms. The minimum Gasteiger partial charge on any atom is -0.354 e. The molecule has 0 atom stereocenters. The van der Waals surface area contributed by atoms with Gasteiger partial charge in [0.2, 0.25) is 0 Å². The molecule has 0 fully saturated rings. The summed E-state index contributed by atoms with van der Waals surface area (Å²) in [5.41, 5.74) is 4.10. The summed E-state index contributed by atoms with van der Waals surface area (Å²) in [5.74, 6) is -0.0870. The van der Waals surface area contributed by atoms with Crippen molar-refractivity contribution in [2.24, 2.45) is 0 Å². The number of amides is 1. The van der Waals surface area contributed by atoms with Gasteiger partial charge in [-0.2, -0.15) is 0 Å². The van der Waals surface area contributed by atoms with E-state index in [0.29, 0.717) is 18.8 Å². The molecule has 0 bridgehead atoms. The molecule has 5 nitrogen and oxygen atoms in total. The highest BCUT2D eigenvalue weighted by molar-refractivity contribution is 5.95. The summed E-state index contributed by atoms with van der Waals surface area (Å²) < 4.78 is 0. The Labute approximate surface area is 170 Å². The molecule has 0 saturated heterocycles. The minimum absolute atomic E-state index is 0.0870. The van der Waals surface area contributed by atoms with Crippen LogP contribution in [0, 0.1) is 0 Å². The Morgan fingerprint density at radius 1 is 0.931 bits per heavy atom. The van der Waals surface area contributed by atoms with Crippen molar-refractivity contribution in [1.29, 1.82) is 0 Å². The molecule has 0 saturated carbocycles. The van der Waals surface area contributed by atoms with E-state index in [4.69, 9.17) is 0 Å². The zero-order valence-corrected chi connectivity index (χ0v) is 16.2. The second kappa shape index (κ2) is 8.52. The summed E-state index contributed by atoms with van der Waals surface area (Å²) >= 11 is 0. The molecule has 2 aromatic heterocycles. The molecule has 0 aliphatic heterocycles. The summed E-state index contributed by atoms with van der Waals surface area (Å²) in [6.07, 6.45) is 3.43. The fraction of sp³-hybridized carbons (Fsp3) is 0.125. The van der Waals surface area contributed by atoms with Crippen molar-refractivity contribution in [3.8, 4) is 0 Å². The third-order valence-electron chi connectivity index (χ3n) is 4.78. The summed E-state index contributed by atoms with van der Waals surface area (Å²) in [6.45, 7) is 3.15. The molecule has 4 aromatic rings. The molecule has 29 heavy (non-hydrogen) atoms. The smallest absolute Gasteiger partial charge is 0.272 e. The van der Waals surface area contributed by atoms with Crippen LogP contribution in [0.1, 0.15) is 23.0 Å². The molecule has 0 aliphatic carbocycles. The molecule has 2 heterocycles. The van der Waals surface area contributed by atoms with Gasteiger partial charge in [0.15, 0.2) is 0 Å². The van der Waals surface area contributed by atoms with Crippen LogP contribution in [-0.4, -0.2) is 27.3 Å². The number of hydrogen-bond donors (Lipinski definition) is 1. The van der Waals surface area contributed by atoms with Crippen LogP contribution < -0.4 is 5.32 Å². The van der Waals surface area contributed by atoms with Gasteiger partial charge >= 0.3 is 0 Å². The maximum atomic E-state index is 13.0. The predicted molar refractivity (Wildman–Crippen MR) is 116 cm³/mol. The first-order valence-corrected chi connectivity index (χ1v) is 9.64. The Morgan fingerprint density at radius 2 is 1.76 bits per heavy atom. The van der Waals surface area contributed by atoms with Crippen molar-refractivity contribution < 1.29 is 4.79 Å². The van der Waals surface area contributed by atoms with E-state index >= 15 is 0 Å². The van der Waals surface area contributed by atoms with E-state index in [1.807, 2.05) is 73.7 Å². The summed E-state index contributed by atoms with van der Waals surface area (Å²) in [7, 11) is 0. The van der Waals surface area contributed by atoms with Gasteiger partial charge in [-0.05, 0) is 36.8 Å². The van der Waals surface area contributed by atoms with E-state index in [0.717, 1.165) is 27.8 Å². The Hall–Kier alpha value is -3.73. The number of carbonyl (C=O) groups excluding carboxylic acids is 1. The maximum Gasteiger partial charge on any atom is 0.272 e. The number of nitrogens with one attached hydrogen (secondary N) is 1. The van der Waals surface area contributed by atoms with Gasteiger partial charge in [0.25, 0.3) is 5.91 Å². The lowest BCUT2D eigenvalue weighted by atomic mass is 10.2. The van der Waals surface area contributed by atoms with Crippen molar-refractivity contribution in [2.45, 2.75) is 13.5 Å². The average molecular weight is 382 g/mol. The molecule has 0 spiro atoms. The van der Waals surface area contributed by atoms with Crippen molar-refractivity contribution in [1.82, 2.24) is 14.9 Å². The normalized spacial score (nSPS) is 10.7. The second-order valence-corrected chi connectivity index (χ2v) is 6.74. The number of hydrogen-bond acceptors (Lipinski definition) is 4. The fourth-order valence-electron chi connectivity index (χ4n) is 3.28. The molecule has 0 unspecified atom stereocenters. The Bertz CT molecular complexity index is 1120. The van der Waals surface area contributed by atoms with Gasteiger partial charge in [-0.15, -0.1) is 0 Å². The van der Waals surface area contributed by atoms with Crippen LogP contribution in [0.4, 0.5) is 11.4 Å². The van der Waals surface area contributed by atoms with Crippen LogP contribution in [0.15, 0.2) is 85.2 Å². The van der Waals surface area contributed by atoms with Crippen LogP contribution in [0.5, 0.6) is 0 Å². The molecular weight excluding hydrogens is 360 g/mol. The second-order valence-electron chi connectivity index (χ2n) is 6.74. The zero-order valence-electron chi connectivity index (χ0n) is 16.2. The summed E-state index contributed by atoms with van der Waals surface area (Å²) in [4.78, 5) is 23.6. The summed E-state index contributed by atoms with van der Waals surface area (Å²) in [5, 5.41) is 4.43. The highest BCUT2D eigenvalue weighted by Crippen LogP contribution is 2.25. The number of pyridine rings is 2. The molecule has 0 aliphatic rings. The highest BCUT2D eigenvalue weighted by atomic mass is 16.2. The van der Waals surface area contributed by atoms with Gasteiger partial charge in [0.1, 0.15) is 5.69 Å². The van der Waals surface area contributed by atoms with Crippen LogP contribution >= 0.6 is 0 Å². The van der Waals surface area contributed by atoms with E-state index in [9.17, 15) is 4.79 Å². The Morgan fingerprint density at radius 3 is 2.59 bits per heavy atom. The van der Waals surface area contributed by atoms with Crippen molar-refractivity contribution in [3.05, 3.63) is 96.4 Å². The van der Waals surface area contributed by atoms with Gasteiger partial charge in [0, 0.05) is 36.6 Å². The molecule has 4 rings (SSSR count). The monoisotopic (exact) mass is 382 g/mol. The van der Waals surface area contributed by atoms with Crippen molar-refractivity contribution >= 4 is 28.2 Å². The lowest BCUT2D eigenvalue weighted by Gasteiger charge is -2.21. The summed E-state index contributed by atoms with van der Waals surface area (Å²) in [6, 6.07) is 23.6. The zero-order chi connectivity index (χ0) is 20.1. The Balaban J connectivity index is 1.57. The third-order valence-corrected chi connectivity index (χ3v) is 4.78. The van der Waals surface area contributed by atoms with Crippen LogP contribution in [0.3, 0.4) is 0 Å². The number of para-hydroxylation sites is 1. The number of nitrogens with zero attached hydrogens (tertiary/aromatic N) is 3. The Kier molecular flexibility index (Phi) is 5.47. The number of fused-ring (bicyclic) bond motifs is 1. The van der Waals surface area contributed by atoms with Gasteiger partial charge in [-0.1, -0.05) is 48.5 Å². The molecule has 1 amide bonds.